The Hall–Kier alpha value is -1.98. The van der Waals surface area contributed by atoms with Crippen molar-refractivity contribution in [2.75, 3.05) is 11.9 Å². The number of rotatable bonds is 4. The van der Waals surface area contributed by atoms with Gasteiger partial charge in [-0.2, -0.15) is 0 Å². The average molecular weight is 255 g/mol. The van der Waals surface area contributed by atoms with Gasteiger partial charge in [0, 0.05) is 37.6 Å². The van der Waals surface area contributed by atoms with E-state index >= 15 is 0 Å². The Bertz CT molecular complexity index is 551. The van der Waals surface area contributed by atoms with Crippen LogP contribution in [-0.4, -0.2) is 16.1 Å². The first-order chi connectivity index (χ1) is 8.58. The van der Waals surface area contributed by atoms with E-state index in [1.165, 1.54) is 0 Å². The Morgan fingerprint density at radius 1 is 1.17 bits per heavy atom. The van der Waals surface area contributed by atoms with Crippen LogP contribution in [-0.2, 0) is 6.54 Å². The van der Waals surface area contributed by atoms with Gasteiger partial charge in [0.2, 0.25) is 0 Å². The summed E-state index contributed by atoms with van der Waals surface area (Å²) in [4.78, 5) is 4.04. The van der Waals surface area contributed by atoms with E-state index in [0.29, 0.717) is 19.2 Å². The maximum Gasteiger partial charge on any atom is 0.161 e. The van der Waals surface area contributed by atoms with Gasteiger partial charge in [0.1, 0.15) is 11.6 Å². The molecule has 0 unspecified atom stereocenters. The summed E-state index contributed by atoms with van der Waals surface area (Å²) in [7, 11) is 0. The number of benzene rings is 1. The lowest BCUT2D eigenvalue weighted by atomic mass is 10.3. The van der Waals surface area contributed by atoms with Gasteiger partial charge in [0.05, 0.1) is 5.69 Å². The standard InChI is InChI=1S/C12H12F3N3/c1-8-16-2-4-18(8)5-3-17-12-7-10(14)9(13)6-11(12)15/h2,4,6-7,17H,3,5H2,1H3. The second-order valence-corrected chi connectivity index (χ2v) is 3.84. The lowest BCUT2D eigenvalue weighted by molar-refractivity contribution is 0.496. The van der Waals surface area contributed by atoms with E-state index in [-0.39, 0.29) is 5.69 Å². The van der Waals surface area contributed by atoms with Crippen LogP contribution in [0.3, 0.4) is 0 Å². The number of aromatic nitrogens is 2. The lowest BCUT2D eigenvalue weighted by Crippen LogP contribution is -2.12. The second kappa shape index (κ2) is 5.12. The second-order valence-electron chi connectivity index (χ2n) is 3.84. The third-order valence-electron chi connectivity index (χ3n) is 2.60. The summed E-state index contributed by atoms with van der Waals surface area (Å²) in [5, 5.41) is 2.72. The van der Waals surface area contributed by atoms with Gasteiger partial charge >= 0.3 is 0 Å². The van der Waals surface area contributed by atoms with E-state index in [1.54, 1.807) is 12.4 Å². The number of anilines is 1. The molecule has 0 radical (unpaired) electrons. The first-order valence-corrected chi connectivity index (χ1v) is 5.44. The molecular formula is C12H12F3N3. The van der Waals surface area contributed by atoms with Crippen molar-refractivity contribution in [3.63, 3.8) is 0 Å². The largest absolute Gasteiger partial charge is 0.381 e. The Kier molecular flexibility index (Phi) is 3.55. The van der Waals surface area contributed by atoms with Crippen LogP contribution >= 0.6 is 0 Å². The van der Waals surface area contributed by atoms with Crippen molar-refractivity contribution in [2.24, 2.45) is 0 Å². The monoisotopic (exact) mass is 255 g/mol. The van der Waals surface area contributed by atoms with E-state index in [2.05, 4.69) is 10.3 Å². The fourth-order valence-corrected chi connectivity index (χ4v) is 1.61. The zero-order valence-electron chi connectivity index (χ0n) is 9.75. The predicted molar refractivity (Wildman–Crippen MR) is 61.8 cm³/mol. The molecule has 0 atom stereocenters. The van der Waals surface area contributed by atoms with Crippen LogP contribution in [0.25, 0.3) is 0 Å². The van der Waals surface area contributed by atoms with Gasteiger partial charge in [-0.25, -0.2) is 18.2 Å². The molecule has 0 aliphatic heterocycles. The van der Waals surface area contributed by atoms with Gasteiger partial charge in [-0.15, -0.1) is 0 Å². The Balaban J connectivity index is 1.99. The minimum absolute atomic E-state index is 0.0494. The molecule has 0 saturated heterocycles. The zero-order valence-corrected chi connectivity index (χ0v) is 9.75. The van der Waals surface area contributed by atoms with E-state index in [1.807, 2.05) is 11.5 Å². The molecule has 0 fully saturated rings. The molecule has 2 rings (SSSR count). The van der Waals surface area contributed by atoms with E-state index < -0.39 is 17.5 Å². The van der Waals surface area contributed by atoms with Crippen LogP contribution in [0.4, 0.5) is 18.9 Å². The predicted octanol–water partition coefficient (Wildman–Crippen LogP) is 2.72. The minimum atomic E-state index is -1.19. The van der Waals surface area contributed by atoms with Crippen molar-refractivity contribution in [1.82, 2.24) is 9.55 Å². The summed E-state index contributed by atoms with van der Waals surface area (Å²) >= 11 is 0. The highest BCUT2D eigenvalue weighted by atomic mass is 19.2. The number of nitrogens with zero attached hydrogens (tertiary/aromatic N) is 2. The molecule has 0 amide bonds. The highest BCUT2D eigenvalue weighted by Crippen LogP contribution is 2.18. The van der Waals surface area contributed by atoms with Gasteiger partial charge in [-0.3, -0.25) is 0 Å². The average Bonchev–Trinajstić information content (AvgIpc) is 2.72. The number of nitrogens with one attached hydrogen (secondary N) is 1. The summed E-state index contributed by atoms with van der Waals surface area (Å²) in [6.45, 7) is 2.79. The molecule has 0 saturated carbocycles. The molecule has 1 aromatic heterocycles. The van der Waals surface area contributed by atoms with Gasteiger partial charge in [-0.05, 0) is 6.92 Å². The van der Waals surface area contributed by atoms with Gasteiger partial charge in [0.15, 0.2) is 11.6 Å². The fraction of sp³-hybridized carbons (Fsp3) is 0.250. The smallest absolute Gasteiger partial charge is 0.161 e. The Morgan fingerprint density at radius 2 is 1.89 bits per heavy atom. The van der Waals surface area contributed by atoms with Crippen LogP contribution in [0.15, 0.2) is 24.5 Å². The van der Waals surface area contributed by atoms with Gasteiger partial charge < -0.3 is 9.88 Å². The van der Waals surface area contributed by atoms with E-state index in [0.717, 1.165) is 11.9 Å². The number of aryl methyl sites for hydroxylation is 1. The molecule has 0 bridgehead atoms. The first kappa shape index (κ1) is 12.5. The molecule has 1 N–H and O–H groups in total. The number of imidazole rings is 1. The first-order valence-electron chi connectivity index (χ1n) is 5.44. The van der Waals surface area contributed by atoms with Crippen molar-refractivity contribution in [3.8, 4) is 0 Å². The molecule has 96 valence electrons. The van der Waals surface area contributed by atoms with E-state index in [9.17, 15) is 13.2 Å². The van der Waals surface area contributed by atoms with Gasteiger partial charge in [0.25, 0.3) is 0 Å². The SMILES string of the molecule is Cc1nccn1CCNc1cc(F)c(F)cc1F. The fourth-order valence-electron chi connectivity index (χ4n) is 1.61. The van der Waals surface area contributed by atoms with Gasteiger partial charge in [-0.1, -0.05) is 0 Å². The van der Waals surface area contributed by atoms with Crippen LogP contribution in [0, 0.1) is 24.4 Å². The van der Waals surface area contributed by atoms with Crippen LogP contribution in [0.2, 0.25) is 0 Å². The highest BCUT2D eigenvalue weighted by Gasteiger charge is 2.09. The summed E-state index contributed by atoms with van der Waals surface area (Å²) in [6.07, 6.45) is 3.45. The van der Waals surface area contributed by atoms with Crippen LogP contribution < -0.4 is 5.32 Å². The molecule has 2 aromatic rings. The topological polar surface area (TPSA) is 29.9 Å². The Labute approximate surface area is 102 Å². The number of hydrogen-bond acceptors (Lipinski definition) is 2. The Morgan fingerprint density at radius 3 is 2.56 bits per heavy atom. The molecule has 0 aliphatic rings. The highest BCUT2D eigenvalue weighted by molar-refractivity contribution is 5.45. The molecule has 1 aromatic carbocycles. The summed E-state index contributed by atoms with van der Waals surface area (Å²) < 4.78 is 40.8. The zero-order chi connectivity index (χ0) is 13.1. The number of halogens is 3. The third kappa shape index (κ3) is 2.64. The molecule has 18 heavy (non-hydrogen) atoms. The summed E-state index contributed by atoms with van der Waals surface area (Å²) in [5.74, 6) is -2.24. The summed E-state index contributed by atoms with van der Waals surface area (Å²) in [6, 6.07) is 1.34. The van der Waals surface area contributed by atoms with Crippen molar-refractivity contribution in [3.05, 3.63) is 47.8 Å². The molecule has 1 heterocycles. The maximum absolute atomic E-state index is 13.3. The normalized spacial score (nSPS) is 10.7. The molecule has 0 aliphatic carbocycles. The molecule has 3 nitrogen and oxygen atoms in total. The van der Waals surface area contributed by atoms with E-state index in [4.69, 9.17) is 0 Å². The van der Waals surface area contributed by atoms with Crippen molar-refractivity contribution < 1.29 is 13.2 Å². The molecular weight excluding hydrogens is 243 g/mol. The quantitative estimate of drug-likeness (QED) is 0.851. The van der Waals surface area contributed by atoms with Crippen LogP contribution in [0.5, 0.6) is 0 Å². The van der Waals surface area contributed by atoms with Crippen molar-refractivity contribution in [1.29, 1.82) is 0 Å². The molecule has 6 heteroatoms. The van der Waals surface area contributed by atoms with Crippen molar-refractivity contribution in [2.45, 2.75) is 13.5 Å². The molecule has 0 spiro atoms. The summed E-state index contributed by atoms with van der Waals surface area (Å²) in [5.41, 5.74) is -0.0494. The lowest BCUT2D eigenvalue weighted by Gasteiger charge is -2.09. The minimum Gasteiger partial charge on any atom is -0.381 e. The maximum atomic E-state index is 13.3. The van der Waals surface area contributed by atoms with Crippen molar-refractivity contribution >= 4 is 5.69 Å². The number of hydrogen-bond donors (Lipinski definition) is 1. The van der Waals surface area contributed by atoms with Crippen LogP contribution in [0.1, 0.15) is 5.82 Å². The third-order valence-corrected chi connectivity index (χ3v) is 2.60.